The predicted molar refractivity (Wildman–Crippen MR) is 80.2 cm³/mol. The number of rotatable bonds is 3. The standard InChI is InChI=1S/C14H13N5S/c1-8-4-5-9-10(7-8)19-14(18-9)20-11-3-2-6-17-12(11)13(15)16/h2-7H,1H3,(H3,15,16)(H,18,19). The smallest absolute Gasteiger partial charge is 0.171 e. The van der Waals surface area contributed by atoms with Crippen LogP contribution in [-0.2, 0) is 0 Å². The Morgan fingerprint density at radius 1 is 1.35 bits per heavy atom. The molecule has 4 N–H and O–H groups in total. The van der Waals surface area contributed by atoms with Gasteiger partial charge in [0.15, 0.2) is 5.16 Å². The normalized spacial score (nSPS) is 10.8. The fourth-order valence-corrected chi connectivity index (χ4v) is 2.85. The highest BCUT2D eigenvalue weighted by Gasteiger charge is 2.10. The topological polar surface area (TPSA) is 91.4 Å². The first-order valence-corrected chi connectivity index (χ1v) is 6.89. The molecule has 1 aromatic carbocycles. The molecule has 2 heterocycles. The van der Waals surface area contributed by atoms with Crippen molar-refractivity contribution in [3.8, 4) is 0 Å². The molecule has 3 aromatic rings. The number of imidazole rings is 1. The van der Waals surface area contributed by atoms with Crippen LogP contribution in [0, 0.1) is 12.3 Å². The van der Waals surface area contributed by atoms with Gasteiger partial charge < -0.3 is 10.7 Å². The number of nitrogens with two attached hydrogens (primary N) is 1. The fraction of sp³-hybridized carbons (Fsp3) is 0.0714. The van der Waals surface area contributed by atoms with Crippen LogP contribution in [0.15, 0.2) is 46.6 Å². The van der Waals surface area contributed by atoms with Crippen molar-refractivity contribution in [2.24, 2.45) is 5.73 Å². The van der Waals surface area contributed by atoms with E-state index >= 15 is 0 Å². The molecule has 5 nitrogen and oxygen atoms in total. The molecule has 0 amide bonds. The highest BCUT2D eigenvalue weighted by atomic mass is 32.2. The molecule has 0 saturated heterocycles. The third-order valence-electron chi connectivity index (χ3n) is 2.85. The Morgan fingerprint density at radius 2 is 2.20 bits per heavy atom. The van der Waals surface area contributed by atoms with Crippen molar-refractivity contribution in [2.45, 2.75) is 17.0 Å². The summed E-state index contributed by atoms with van der Waals surface area (Å²) in [6.45, 7) is 2.04. The Kier molecular flexibility index (Phi) is 3.15. The van der Waals surface area contributed by atoms with Gasteiger partial charge in [-0.2, -0.15) is 0 Å². The molecule has 2 aromatic heterocycles. The summed E-state index contributed by atoms with van der Waals surface area (Å²) in [5.41, 5.74) is 9.13. The lowest BCUT2D eigenvalue weighted by Gasteiger charge is -2.03. The number of aromatic amines is 1. The molecule has 0 bridgehead atoms. The van der Waals surface area contributed by atoms with Crippen molar-refractivity contribution >= 4 is 28.6 Å². The first kappa shape index (κ1) is 12.7. The molecule has 0 atom stereocenters. The van der Waals surface area contributed by atoms with Gasteiger partial charge in [-0.15, -0.1) is 0 Å². The molecular formula is C14H13N5S. The number of hydrogen-bond acceptors (Lipinski definition) is 4. The van der Waals surface area contributed by atoms with Gasteiger partial charge in [-0.1, -0.05) is 6.07 Å². The van der Waals surface area contributed by atoms with Crippen LogP contribution < -0.4 is 5.73 Å². The van der Waals surface area contributed by atoms with E-state index in [9.17, 15) is 0 Å². The quantitative estimate of drug-likeness (QED) is 0.509. The highest BCUT2D eigenvalue weighted by Crippen LogP contribution is 2.29. The number of aryl methyl sites for hydroxylation is 1. The average Bonchev–Trinajstić information content (AvgIpc) is 2.80. The summed E-state index contributed by atoms with van der Waals surface area (Å²) in [4.78, 5) is 12.7. The van der Waals surface area contributed by atoms with E-state index in [0.29, 0.717) is 5.69 Å². The molecule has 0 aliphatic rings. The second-order valence-corrected chi connectivity index (χ2v) is 5.46. The van der Waals surface area contributed by atoms with Crippen molar-refractivity contribution < 1.29 is 0 Å². The molecule has 0 aliphatic carbocycles. The minimum absolute atomic E-state index is 0.0416. The number of nitrogens with one attached hydrogen (secondary N) is 2. The Labute approximate surface area is 120 Å². The maximum absolute atomic E-state index is 7.55. The monoisotopic (exact) mass is 283 g/mol. The van der Waals surface area contributed by atoms with Crippen LogP contribution in [0.1, 0.15) is 11.3 Å². The molecule has 0 spiro atoms. The first-order chi connectivity index (χ1) is 9.63. The number of amidine groups is 1. The third kappa shape index (κ3) is 2.37. The minimum atomic E-state index is -0.0416. The van der Waals surface area contributed by atoms with Crippen molar-refractivity contribution in [2.75, 3.05) is 0 Å². The van der Waals surface area contributed by atoms with Gasteiger partial charge in [0, 0.05) is 11.1 Å². The van der Waals surface area contributed by atoms with Gasteiger partial charge in [-0.3, -0.25) is 10.4 Å². The van der Waals surface area contributed by atoms with Crippen molar-refractivity contribution in [3.63, 3.8) is 0 Å². The molecule has 20 heavy (non-hydrogen) atoms. The van der Waals surface area contributed by atoms with Crippen LogP contribution in [0.2, 0.25) is 0 Å². The van der Waals surface area contributed by atoms with E-state index in [1.807, 2.05) is 31.2 Å². The number of fused-ring (bicyclic) bond motifs is 1. The number of hydrogen-bond donors (Lipinski definition) is 3. The van der Waals surface area contributed by atoms with Gasteiger partial charge in [0.1, 0.15) is 11.5 Å². The van der Waals surface area contributed by atoms with Gasteiger partial charge >= 0.3 is 0 Å². The van der Waals surface area contributed by atoms with E-state index in [0.717, 1.165) is 21.1 Å². The SMILES string of the molecule is Cc1ccc2nc(Sc3cccnc3C(=N)N)[nH]c2c1. The van der Waals surface area contributed by atoms with Crippen LogP contribution in [0.3, 0.4) is 0 Å². The van der Waals surface area contributed by atoms with Crippen LogP contribution in [0.25, 0.3) is 11.0 Å². The summed E-state index contributed by atoms with van der Waals surface area (Å²) in [6.07, 6.45) is 1.63. The number of nitrogen functional groups attached to an aromatic ring is 1. The van der Waals surface area contributed by atoms with Crippen LogP contribution in [0.5, 0.6) is 0 Å². The average molecular weight is 283 g/mol. The molecule has 0 aliphatic heterocycles. The maximum Gasteiger partial charge on any atom is 0.171 e. The van der Waals surface area contributed by atoms with Crippen LogP contribution in [0.4, 0.5) is 0 Å². The summed E-state index contributed by atoms with van der Waals surface area (Å²) in [7, 11) is 0. The molecule has 3 rings (SSSR count). The van der Waals surface area contributed by atoms with Gasteiger partial charge in [0.05, 0.1) is 11.0 Å². The van der Waals surface area contributed by atoms with E-state index < -0.39 is 0 Å². The van der Waals surface area contributed by atoms with Crippen LogP contribution in [-0.4, -0.2) is 20.8 Å². The Balaban J connectivity index is 1.99. The van der Waals surface area contributed by atoms with Gasteiger partial charge in [-0.05, 0) is 48.5 Å². The third-order valence-corrected chi connectivity index (χ3v) is 3.78. The molecule has 100 valence electrons. The van der Waals surface area contributed by atoms with Gasteiger partial charge in [0.25, 0.3) is 0 Å². The molecule has 6 heteroatoms. The van der Waals surface area contributed by atoms with Crippen LogP contribution >= 0.6 is 11.8 Å². The molecule has 0 radical (unpaired) electrons. The number of pyridine rings is 1. The fourth-order valence-electron chi connectivity index (χ4n) is 1.93. The summed E-state index contributed by atoms with van der Waals surface area (Å²) < 4.78 is 0. The lowest BCUT2D eigenvalue weighted by atomic mass is 10.2. The number of benzene rings is 1. The van der Waals surface area contributed by atoms with Crippen molar-refractivity contribution in [3.05, 3.63) is 47.8 Å². The lowest BCUT2D eigenvalue weighted by Crippen LogP contribution is -2.14. The summed E-state index contributed by atoms with van der Waals surface area (Å²) in [6, 6.07) is 9.78. The van der Waals surface area contributed by atoms with Crippen molar-refractivity contribution in [1.29, 1.82) is 5.41 Å². The zero-order valence-corrected chi connectivity index (χ0v) is 11.7. The summed E-state index contributed by atoms with van der Waals surface area (Å²) >= 11 is 1.42. The second kappa shape index (κ2) is 4.97. The molecule has 0 saturated carbocycles. The molecule has 0 fully saturated rings. The largest absolute Gasteiger partial charge is 0.382 e. The van der Waals surface area contributed by atoms with E-state index in [2.05, 4.69) is 21.0 Å². The first-order valence-electron chi connectivity index (χ1n) is 6.07. The Morgan fingerprint density at radius 3 is 3.00 bits per heavy atom. The molecule has 0 unspecified atom stereocenters. The van der Waals surface area contributed by atoms with Gasteiger partial charge in [0.2, 0.25) is 0 Å². The van der Waals surface area contributed by atoms with Gasteiger partial charge in [-0.25, -0.2) is 4.98 Å². The molecular weight excluding hydrogens is 270 g/mol. The maximum atomic E-state index is 7.55. The van der Waals surface area contributed by atoms with E-state index in [1.54, 1.807) is 6.20 Å². The number of aromatic nitrogens is 3. The Bertz CT molecular complexity index is 793. The zero-order chi connectivity index (χ0) is 14.1. The summed E-state index contributed by atoms with van der Waals surface area (Å²) in [5.74, 6) is -0.0416. The highest BCUT2D eigenvalue weighted by molar-refractivity contribution is 7.99. The predicted octanol–water partition coefficient (Wildman–Crippen LogP) is 2.70. The van der Waals surface area contributed by atoms with E-state index in [1.165, 1.54) is 17.3 Å². The van der Waals surface area contributed by atoms with Crippen molar-refractivity contribution in [1.82, 2.24) is 15.0 Å². The van der Waals surface area contributed by atoms with E-state index in [4.69, 9.17) is 11.1 Å². The van der Waals surface area contributed by atoms with E-state index in [-0.39, 0.29) is 5.84 Å². The zero-order valence-electron chi connectivity index (χ0n) is 10.8. The summed E-state index contributed by atoms with van der Waals surface area (Å²) in [5, 5.41) is 8.31. The Hall–Kier alpha value is -2.34. The number of H-pyrrole nitrogens is 1. The lowest BCUT2D eigenvalue weighted by molar-refractivity contribution is 1.07. The number of nitrogens with zero attached hydrogens (tertiary/aromatic N) is 2. The second-order valence-electron chi connectivity index (χ2n) is 4.43. The minimum Gasteiger partial charge on any atom is -0.382 e.